The number of aliphatic hydroxyl groups is 4. The van der Waals surface area contributed by atoms with Crippen LogP contribution in [0.2, 0.25) is 0 Å². The summed E-state index contributed by atoms with van der Waals surface area (Å²) >= 11 is 0. The van der Waals surface area contributed by atoms with Crippen molar-refractivity contribution in [2.24, 2.45) is 0 Å². The molecule has 0 bridgehead atoms. The number of hydrogen-bond donors (Lipinski definition) is 6. The van der Waals surface area contributed by atoms with Gasteiger partial charge >= 0.3 is 0 Å². The van der Waals surface area contributed by atoms with E-state index in [0.717, 1.165) is 102 Å². The minimum atomic E-state index is -0.579. The van der Waals surface area contributed by atoms with Gasteiger partial charge in [0.2, 0.25) is 11.8 Å². The van der Waals surface area contributed by atoms with E-state index in [1.54, 1.807) is 43.2 Å². The molecule has 1 aliphatic rings. The molecule has 6 N–H and O–H groups in total. The third-order valence-corrected chi connectivity index (χ3v) is 19.1. The zero-order valence-corrected chi connectivity index (χ0v) is 50.4. The highest BCUT2D eigenvalue weighted by Crippen LogP contribution is 2.26. The lowest BCUT2D eigenvalue weighted by atomic mass is 10.0. The molecule has 0 saturated carbocycles. The van der Waals surface area contributed by atoms with Crippen molar-refractivity contribution >= 4 is 55.0 Å². The van der Waals surface area contributed by atoms with Crippen molar-refractivity contribution in [2.75, 3.05) is 62.3 Å². The first-order chi connectivity index (χ1) is 35.1. The van der Waals surface area contributed by atoms with Gasteiger partial charge in [0.05, 0.1) is 24.4 Å². The summed E-state index contributed by atoms with van der Waals surface area (Å²) in [6, 6.07) is -1.16. The van der Waals surface area contributed by atoms with Crippen LogP contribution in [0.5, 0.6) is 0 Å². The first-order valence-corrected chi connectivity index (χ1v) is 35.4. The van der Waals surface area contributed by atoms with Gasteiger partial charge in [-0.25, -0.2) is 0 Å². The van der Waals surface area contributed by atoms with Gasteiger partial charge in [0.1, 0.15) is 12.1 Å². The summed E-state index contributed by atoms with van der Waals surface area (Å²) in [6.07, 6.45) is 41.4. The normalized spacial score (nSPS) is 16.9. The van der Waals surface area contributed by atoms with E-state index in [4.69, 9.17) is 0 Å². The van der Waals surface area contributed by atoms with E-state index >= 15 is 0 Å². The molecule has 428 valence electrons. The van der Waals surface area contributed by atoms with Crippen LogP contribution in [0.1, 0.15) is 259 Å². The molecular weight excluding hydrogens is 977 g/mol. The number of piperazine rings is 1. The molecule has 0 aliphatic carbocycles. The van der Waals surface area contributed by atoms with Crippen molar-refractivity contribution in [1.29, 1.82) is 0 Å². The van der Waals surface area contributed by atoms with Gasteiger partial charge in [-0.05, 0) is 25.7 Å². The fourth-order valence-corrected chi connectivity index (χ4v) is 14.1. The Labute approximate surface area is 460 Å². The lowest BCUT2D eigenvalue weighted by molar-refractivity contribution is -0.135. The zero-order chi connectivity index (χ0) is 52.5. The summed E-state index contributed by atoms with van der Waals surface area (Å²) in [7, 11) is 6.55. The molecule has 72 heavy (non-hydrogen) atoms. The minimum absolute atomic E-state index is 0.143. The van der Waals surface area contributed by atoms with Crippen molar-refractivity contribution < 1.29 is 30.0 Å². The lowest BCUT2D eigenvalue weighted by Gasteiger charge is -2.29. The van der Waals surface area contributed by atoms with Gasteiger partial charge in [-0.15, -0.1) is 0 Å². The molecule has 1 saturated heterocycles. The van der Waals surface area contributed by atoms with E-state index in [1.165, 1.54) is 154 Å². The summed E-state index contributed by atoms with van der Waals surface area (Å²) in [5.41, 5.74) is 0. The Balaban J connectivity index is 2.53. The third kappa shape index (κ3) is 43.1. The second-order valence-corrected chi connectivity index (χ2v) is 26.8. The summed E-state index contributed by atoms with van der Waals surface area (Å²) < 4.78 is 0. The Morgan fingerprint density at radius 2 is 0.583 bits per heavy atom. The van der Waals surface area contributed by atoms with Crippen LogP contribution in [0.15, 0.2) is 0 Å². The Morgan fingerprint density at radius 1 is 0.361 bits per heavy atom. The molecule has 1 aliphatic heterocycles. The highest BCUT2D eigenvalue weighted by atomic mass is 33.1. The number of unbranched alkanes of at least 4 members (excludes halogenated alkanes) is 28. The van der Waals surface area contributed by atoms with Crippen LogP contribution in [0.25, 0.3) is 0 Å². The van der Waals surface area contributed by atoms with E-state index in [-0.39, 0.29) is 11.8 Å². The van der Waals surface area contributed by atoms with Gasteiger partial charge in [-0.2, -0.15) is 0 Å². The monoisotopic (exact) mass is 1090 g/mol. The van der Waals surface area contributed by atoms with E-state index in [0.29, 0.717) is 37.7 Å². The molecule has 0 radical (unpaired) electrons. The lowest BCUT2D eigenvalue weighted by Crippen LogP contribution is -2.63. The predicted molar refractivity (Wildman–Crippen MR) is 320 cm³/mol. The number of carbonyl (C=O) groups is 2. The molecule has 2 amide bonds. The van der Waals surface area contributed by atoms with E-state index in [2.05, 4.69) is 48.1 Å². The van der Waals surface area contributed by atoms with Crippen molar-refractivity contribution in [1.82, 2.24) is 20.4 Å². The molecule has 0 aromatic carbocycles. The molecule has 6 unspecified atom stereocenters. The molecule has 14 heteroatoms. The maximum Gasteiger partial charge on any atom is 0.244 e. The quantitative estimate of drug-likeness (QED) is 0.0255. The summed E-state index contributed by atoms with van der Waals surface area (Å²) in [6.45, 7) is 12.8. The smallest absolute Gasteiger partial charge is 0.244 e. The number of aliphatic hydroxyl groups excluding tert-OH is 4. The molecule has 0 spiro atoms. The predicted octanol–water partition coefficient (Wildman–Crippen LogP) is 13.9. The molecule has 1 fully saturated rings. The van der Waals surface area contributed by atoms with Gasteiger partial charge in [0.25, 0.3) is 0 Å². The number of nitrogens with zero attached hydrogens (tertiary/aromatic N) is 2. The fraction of sp³-hybridized carbons (Fsp3) is 0.966. The second kappa shape index (κ2) is 51.8. The van der Waals surface area contributed by atoms with Gasteiger partial charge in [0.15, 0.2) is 0 Å². The number of hydrogen-bond acceptors (Lipinski definition) is 12. The van der Waals surface area contributed by atoms with Crippen LogP contribution >= 0.6 is 43.2 Å². The number of nitrogens with one attached hydrogen (secondary N) is 2. The van der Waals surface area contributed by atoms with Crippen molar-refractivity contribution in [3.8, 4) is 0 Å². The summed E-state index contributed by atoms with van der Waals surface area (Å²) in [5, 5.41) is 50.0. The number of carbonyl (C=O) groups excluding carboxylic acids is 2. The molecule has 6 atom stereocenters. The van der Waals surface area contributed by atoms with Gasteiger partial charge in [0, 0.05) is 62.3 Å². The van der Waals surface area contributed by atoms with E-state index in [1.807, 2.05) is 0 Å². The van der Waals surface area contributed by atoms with Crippen LogP contribution in [0.4, 0.5) is 0 Å². The van der Waals surface area contributed by atoms with E-state index in [9.17, 15) is 30.0 Å². The Kier molecular flexibility index (Phi) is 50.5. The van der Waals surface area contributed by atoms with Crippen molar-refractivity contribution in [3.63, 3.8) is 0 Å². The average Bonchev–Trinajstić information content (AvgIpc) is 3.35. The van der Waals surface area contributed by atoms with Crippen LogP contribution in [0, 0.1) is 0 Å². The van der Waals surface area contributed by atoms with Gasteiger partial charge in [-0.3, -0.25) is 19.4 Å². The maximum atomic E-state index is 13.2. The highest BCUT2D eigenvalue weighted by Gasteiger charge is 2.33. The maximum absolute atomic E-state index is 13.2. The standard InChI is InChI=1S/C58H116N4O6S4/c1-5-9-13-17-21-25-29-33-37-51(63)45-61(46-52(64)38-34-30-26-22-18-14-10-6-2)41-43-69-71-49-55-57(67)60-56(58(68)59-55)50-72-70-44-42-62(47-53(65)39-35-31-27-23-19-15-11-7-3)48-54(66)40-36-32-28-24-20-16-12-8-4/h51-56,63-66H,5-50H2,1-4H3,(H,59,68)(H,60,67). The highest BCUT2D eigenvalue weighted by molar-refractivity contribution is 8.77. The Bertz CT molecular complexity index is 1060. The molecule has 0 aromatic rings. The van der Waals surface area contributed by atoms with Crippen LogP contribution in [-0.2, 0) is 9.59 Å². The van der Waals surface area contributed by atoms with Gasteiger partial charge in [-0.1, -0.05) is 276 Å². The summed E-state index contributed by atoms with van der Waals surface area (Å²) in [5.74, 6) is 2.26. The summed E-state index contributed by atoms with van der Waals surface area (Å²) in [4.78, 5) is 30.8. The Hall–Kier alpha value is 0.1000. The first kappa shape index (κ1) is 70.1. The molecule has 10 nitrogen and oxygen atoms in total. The van der Waals surface area contributed by atoms with Gasteiger partial charge < -0.3 is 31.1 Å². The second-order valence-electron chi connectivity index (χ2n) is 21.5. The van der Waals surface area contributed by atoms with Crippen LogP contribution < -0.4 is 10.6 Å². The largest absolute Gasteiger partial charge is 0.392 e. The van der Waals surface area contributed by atoms with Crippen LogP contribution in [0.3, 0.4) is 0 Å². The molecular formula is C58H116N4O6S4. The number of rotatable bonds is 56. The topological polar surface area (TPSA) is 146 Å². The molecule has 1 rings (SSSR count). The van der Waals surface area contributed by atoms with Crippen LogP contribution in [-0.4, -0.2) is 141 Å². The first-order valence-electron chi connectivity index (χ1n) is 30.4. The zero-order valence-electron chi connectivity index (χ0n) is 47.1. The minimum Gasteiger partial charge on any atom is -0.392 e. The Morgan fingerprint density at radius 3 is 0.819 bits per heavy atom. The van der Waals surface area contributed by atoms with E-state index < -0.39 is 36.5 Å². The average molecular weight is 1090 g/mol. The number of amides is 2. The third-order valence-electron chi connectivity index (χ3n) is 14.3. The SMILES string of the molecule is CCCCCCCCCCC(O)CN(CCSSCC1NC(=O)C(CSSCCN(CC(O)CCCCCCCCCC)CC(O)CCCCCCCCCC)NC1=O)CC(O)CCCCCCCCCC. The molecule has 0 aromatic heterocycles. The van der Waals surface area contributed by atoms with Crippen molar-refractivity contribution in [2.45, 2.75) is 295 Å². The van der Waals surface area contributed by atoms with Crippen molar-refractivity contribution in [3.05, 3.63) is 0 Å². The fourth-order valence-electron chi connectivity index (χ4n) is 9.72. The molecule has 1 heterocycles.